The van der Waals surface area contributed by atoms with Gasteiger partial charge in [0.25, 0.3) is 0 Å². The second-order valence-corrected chi connectivity index (χ2v) is 13.2. The topological polar surface area (TPSA) is 14.2 Å². The van der Waals surface area contributed by atoms with Gasteiger partial charge in [-0.05, 0) is 86.6 Å². The summed E-state index contributed by atoms with van der Waals surface area (Å²) in [7, 11) is 0. The van der Waals surface area contributed by atoms with E-state index in [4.69, 9.17) is 4.74 Å². The molecule has 228 valence electrons. The summed E-state index contributed by atoms with van der Waals surface area (Å²) < 4.78 is 9.06. The lowest BCUT2D eigenvalue weighted by Crippen LogP contribution is -2.32. The Bertz CT molecular complexity index is 2760. The maximum absolute atomic E-state index is 6.66. The zero-order valence-corrected chi connectivity index (χ0v) is 26.6. The molecule has 49 heavy (non-hydrogen) atoms. The van der Waals surface area contributed by atoms with Crippen LogP contribution in [0.2, 0.25) is 0 Å². The Kier molecular flexibility index (Phi) is 5.34. The standard InChI is InChI=1S/C47H29NO/c1-2-12-34-31(11-1)23-27-43-46(34)37-15-5-9-19-42(37)48(43)33-25-21-30(22-26-33)32-24-28-45-41(29-32)47(40-18-8-10-20-44(40)49-45)38-16-6-3-13-35(38)36-14-4-7-17-39(36)47/h1-29H. The third-order valence-corrected chi connectivity index (χ3v) is 10.9. The molecule has 0 saturated carbocycles. The molecule has 0 unspecified atom stereocenters. The van der Waals surface area contributed by atoms with E-state index in [2.05, 4.69) is 180 Å². The van der Waals surface area contributed by atoms with E-state index in [1.165, 1.54) is 77.1 Å². The number of rotatable bonds is 2. The Hall–Kier alpha value is -6.38. The minimum atomic E-state index is -0.473. The molecule has 8 aromatic carbocycles. The maximum atomic E-state index is 6.66. The van der Waals surface area contributed by atoms with Crippen molar-refractivity contribution in [3.63, 3.8) is 0 Å². The van der Waals surface area contributed by atoms with E-state index in [9.17, 15) is 0 Å². The minimum Gasteiger partial charge on any atom is -0.457 e. The van der Waals surface area contributed by atoms with Crippen LogP contribution in [0, 0.1) is 0 Å². The first kappa shape index (κ1) is 26.7. The Labute approximate surface area is 284 Å². The van der Waals surface area contributed by atoms with Crippen LogP contribution in [0.4, 0.5) is 0 Å². The third-order valence-electron chi connectivity index (χ3n) is 10.9. The molecule has 1 aliphatic heterocycles. The van der Waals surface area contributed by atoms with Crippen LogP contribution >= 0.6 is 0 Å². The van der Waals surface area contributed by atoms with Gasteiger partial charge in [0.1, 0.15) is 11.5 Å². The van der Waals surface area contributed by atoms with Crippen molar-refractivity contribution in [1.82, 2.24) is 4.57 Å². The van der Waals surface area contributed by atoms with Gasteiger partial charge >= 0.3 is 0 Å². The molecule has 11 rings (SSSR count). The summed E-state index contributed by atoms with van der Waals surface area (Å²) in [5.41, 5.74) is 13.0. The van der Waals surface area contributed by atoms with Crippen LogP contribution in [-0.4, -0.2) is 4.57 Å². The van der Waals surface area contributed by atoms with Crippen molar-refractivity contribution in [1.29, 1.82) is 0 Å². The molecule has 1 spiro atoms. The van der Waals surface area contributed by atoms with Crippen molar-refractivity contribution < 1.29 is 4.74 Å². The zero-order chi connectivity index (χ0) is 32.1. The predicted molar refractivity (Wildman–Crippen MR) is 201 cm³/mol. The van der Waals surface area contributed by atoms with E-state index in [1.54, 1.807) is 0 Å². The van der Waals surface area contributed by atoms with Gasteiger partial charge in [-0.3, -0.25) is 0 Å². The van der Waals surface area contributed by atoms with Crippen LogP contribution in [-0.2, 0) is 5.41 Å². The van der Waals surface area contributed by atoms with E-state index >= 15 is 0 Å². The molecule has 0 amide bonds. The van der Waals surface area contributed by atoms with E-state index in [0.717, 1.165) is 17.2 Å². The minimum absolute atomic E-state index is 0.473. The van der Waals surface area contributed by atoms with Gasteiger partial charge in [-0.1, -0.05) is 133 Å². The van der Waals surface area contributed by atoms with Gasteiger partial charge in [-0.15, -0.1) is 0 Å². The summed E-state index contributed by atoms with van der Waals surface area (Å²) in [6.45, 7) is 0. The number of para-hydroxylation sites is 2. The molecule has 9 aromatic rings. The van der Waals surface area contributed by atoms with Crippen molar-refractivity contribution >= 4 is 32.6 Å². The first-order chi connectivity index (χ1) is 24.3. The summed E-state index contributed by atoms with van der Waals surface area (Å²) >= 11 is 0. The molecule has 1 aliphatic carbocycles. The van der Waals surface area contributed by atoms with E-state index in [0.29, 0.717) is 0 Å². The first-order valence-corrected chi connectivity index (χ1v) is 16.9. The van der Waals surface area contributed by atoms with Crippen LogP contribution in [0.5, 0.6) is 11.5 Å². The molecular formula is C47H29NO. The molecule has 0 radical (unpaired) electrons. The number of hydrogen-bond acceptors (Lipinski definition) is 1. The van der Waals surface area contributed by atoms with Crippen molar-refractivity contribution in [2.45, 2.75) is 5.41 Å². The number of fused-ring (bicyclic) bond motifs is 14. The number of aromatic nitrogens is 1. The molecule has 0 fully saturated rings. The summed E-state index contributed by atoms with van der Waals surface area (Å²) in [5, 5.41) is 5.12. The molecular weight excluding hydrogens is 595 g/mol. The highest BCUT2D eigenvalue weighted by Gasteiger charge is 2.50. The summed E-state index contributed by atoms with van der Waals surface area (Å²) in [5.74, 6) is 1.82. The molecule has 2 heteroatoms. The smallest absolute Gasteiger partial charge is 0.132 e. The number of hydrogen-bond donors (Lipinski definition) is 0. The Morgan fingerprint density at radius 2 is 1.02 bits per heavy atom. The molecule has 2 nitrogen and oxygen atoms in total. The second-order valence-electron chi connectivity index (χ2n) is 13.2. The third kappa shape index (κ3) is 3.50. The monoisotopic (exact) mass is 623 g/mol. The van der Waals surface area contributed by atoms with Crippen molar-refractivity contribution in [2.75, 3.05) is 0 Å². The van der Waals surface area contributed by atoms with Crippen LogP contribution in [0.1, 0.15) is 22.3 Å². The zero-order valence-electron chi connectivity index (χ0n) is 26.6. The average molecular weight is 624 g/mol. The number of nitrogens with zero attached hydrogens (tertiary/aromatic N) is 1. The van der Waals surface area contributed by atoms with E-state index in [-0.39, 0.29) is 0 Å². The van der Waals surface area contributed by atoms with E-state index in [1.807, 2.05) is 0 Å². The molecule has 0 bridgehead atoms. The molecule has 2 aliphatic rings. The van der Waals surface area contributed by atoms with E-state index < -0.39 is 5.41 Å². The van der Waals surface area contributed by atoms with Gasteiger partial charge in [-0.2, -0.15) is 0 Å². The second kappa shape index (κ2) is 9.82. The molecule has 0 atom stereocenters. The molecule has 2 heterocycles. The largest absolute Gasteiger partial charge is 0.457 e. The maximum Gasteiger partial charge on any atom is 0.132 e. The van der Waals surface area contributed by atoms with Crippen LogP contribution in [0.3, 0.4) is 0 Å². The first-order valence-electron chi connectivity index (χ1n) is 16.9. The predicted octanol–water partition coefficient (Wildman–Crippen LogP) is 12.1. The highest BCUT2D eigenvalue weighted by molar-refractivity contribution is 6.21. The van der Waals surface area contributed by atoms with Crippen molar-refractivity contribution in [3.8, 4) is 39.4 Å². The lowest BCUT2D eigenvalue weighted by atomic mass is 9.66. The SMILES string of the molecule is c1ccc2c(c1)Oc1ccc(-c3ccc(-n4c5ccccc5c5c6ccccc6ccc54)cc3)cc1C21c2ccccc2-c2ccccc21. The Morgan fingerprint density at radius 3 is 1.82 bits per heavy atom. The highest BCUT2D eigenvalue weighted by atomic mass is 16.5. The summed E-state index contributed by atoms with van der Waals surface area (Å²) in [4.78, 5) is 0. The van der Waals surface area contributed by atoms with Crippen LogP contribution in [0.25, 0.3) is 60.5 Å². The van der Waals surface area contributed by atoms with Gasteiger partial charge in [0, 0.05) is 27.6 Å². The van der Waals surface area contributed by atoms with Gasteiger partial charge in [0.15, 0.2) is 0 Å². The fourth-order valence-corrected chi connectivity index (χ4v) is 8.86. The lowest BCUT2D eigenvalue weighted by molar-refractivity contribution is 0.436. The van der Waals surface area contributed by atoms with Gasteiger partial charge in [0.2, 0.25) is 0 Å². The normalized spacial score (nSPS) is 13.6. The quantitative estimate of drug-likeness (QED) is 0.187. The van der Waals surface area contributed by atoms with Crippen LogP contribution < -0.4 is 4.74 Å². The number of ether oxygens (including phenoxy) is 1. The average Bonchev–Trinajstić information content (AvgIpc) is 3.66. The highest BCUT2D eigenvalue weighted by Crippen LogP contribution is 2.62. The molecule has 0 saturated heterocycles. The molecule has 0 N–H and O–H groups in total. The summed E-state index contributed by atoms with van der Waals surface area (Å²) in [6, 6.07) is 64.1. The fourth-order valence-electron chi connectivity index (χ4n) is 8.86. The Balaban J connectivity index is 1.10. The number of benzene rings is 8. The van der Waals surface area contributed by atoms with Crippen molar-refractivity contribution in [3.05, 3.63) is 198 Å². The molecule has 1 aromatic heterocycles. The van der Waals surface area contributed by atoms with Gasteiger partial charge in [0.05, 0.1) is 16.4 Å². The van der Waals surface area contributed by atoms with Gasteiger partial charge < -0.3 is 9.30 Å². The van der Waals surface area contributed by atoms with Crippen molar-refractivity contribution in [2.24, 2.45) is 0 Å². The summed E-state index contributed by atoms with van der Waals surface area (Å²) in [6.07, 6.45) is 0. The fraction of sp³-hybridized carbons (Fsp3) is 0.0213. The lowest BCUT2D eigenvalue weighted by Gasteiger charge is -2.39. The Morgan fingerprint density at radius 1 is 0.408 bits per heavy atom. The van der Waals surface area contributed by atoms with Gasteiger partial charge in [-0.25, -0.2) is 0 Å². The van der Waals surface area contributed by atoms with Crippen LogP contribution in [0.15, 0.2) is 176 Å².